The van der Waals surface area contributed by atoms with Crippen LogP contribution in [0.5, 0.6) is 0 Å². The normalized spacial score (nSPS) is 11.0. The number of imidazole rings is 1. The second-order valence-electron chi connectivity index (χ2n) is 5.64. The Morgan fingerprint density at radius 1 is 0.783 bits per heavy atom. The summed E-state index contributed by atoms with van der Waals surface area (Å²) in [4.78, 5) is 4.85. The maximum Gasteiger partial charge on any atom is 0.206 e. The van der Waals surface area contributed by atoms with Gasteiger partial charge in [-0.3, -0.25) is 0 Å². The third-order valence-corrected chi connectivity index (χ3v) is 4.02. The van der Waals surface area contributed by atoms with Crippen LogP contribution in [0.4, 0.5) is 0 Å². The minimum atomic E-state index is 0.766. The van der Waals surface area contributed by atoms with E-state index in [4.69, 9.17) is 4.98 Å². The average molecular weight is 300 g/mol. The molecule has 23 heavy (non-hydrogen) atoms. The summed E-state index contributed by atoms with van der Waals surface area (Å²) in [6, 6.07) is 25.0. The highest BCUT2D eigenvalue weighted by Gasteiger charge is 2.14. The van der Waals surface area contributed by atoms with Gasteiger partial charge in [-0.2, -0.15) is 4.57 Å². The lowest BCUT2D eigenvalue weighted by molar-refractivity contribution is -0.689. The SMILES string of the molecule is c1ccc(Cn2c(C[n+]3ccccc3)nc3ccccc32)cc1. The molecule has 0 aliphatic carbocycles. The molecule has 0 fully saturated rings. The lowest BCUT2D eigenvalue weighted by Gasteiger charge is -2.08. The van der Waals surface area contributed by atoms with E-state index >= 15 is 0 Å². The van der Waals surface area contributed by atoms with Crippen LogP contribution >= 0.6 is 0 Å². The second-order valence-corrected chi connectivity index (χ2v) is 5.64. The molecular weight excluding hydrogens is 282 g/mol. The van der Waals surface area contributed by atoms with E-state index in [-0.39, 0.29) is 0 Å². The Labute approximate surface area is 135 Å². The number of nitrogens with zero attached hydrogens (tertiary/aromatic N) is 3. The minimum Gasteiger partial charge on any atom is -0.318 e. The molecular formula is C20H18N3+. The molecule has 4 rings (SSSR count). The third kappa shape index (κ3) is 2.86. The second kappa shape index (κ2) is 6.05. The molecule has 0 radical (unpaired) electrons. The van der Waals surface area contributed by atoms with E-state index < -0.39 is 0 Å². The molecule has 0 aliphatic rings. The Morgan fingerprint density at radius 3 is 2.30 bits per heavy atom. The summed E-state index contributed by atoms with van der Waals surface area (Å²) in [5.41, 5.74) is 3.52. The van der Waals surface area contributed by atoms with Gasteiger partial charge < -0.3 is 4.57 Å². The first-order valence-electron chi connectivity index (χ1n) is 7.82. The average Bonchev–Trinajstić information content (AvgIpc) is 2.94. The summed E-state index contributed by atoms with van der Waals surface area (Å²) < 4.78 is 4.47. The molecule has 3 heteroatoms. The van der Waals surface area contributed by atoms with Crippen molar-refractivity contribution in [3.8, 4) is 0 Å². The zero-order valence-electron chi connectivity index (χ0n) is 12.8. The predicted molar refractivity (Wildman–Crippen MR) is 91.0 cm³/mol. The van der Waals surface area contributed by atoms with Crippen LogP contribution in [0.1, 0.15) is 11.4 Å². The molecule has 0 N–H and O–H groups in total. The van der Waals surface area contributed by atoms with Crippen molar-refractivity contribution in [1.82, 2.24) is 9.55 Å². The molecule has 0 saturated carbocycles. The lowest BCUT2D eigenvalue weighted by atomic mass is 10.2. The highest BCUT2D eigenvalue weighted by molar-refractivity contribution is 5.76. The van der Waals surface area contributed by atoms with Gasteiger partial charge in [0.25, 0.3) is 0 Å². The van der Waals surface area contributed by atoms with Gasteiger partial charge in [-0.25, -0.2) is 4.98 Å². The van der Waals surface area contributed by atoms with Gasteiger partial charge in [0, 0.05) is 18.7 Å². The Kier molecular flexibility index (Phi) is 3.60. The minimum absolute atomic E-state index is 0.766. The highest BCUT2D eigenvalue weighted by atomic mass is 15.1. The Bertz CT molecular complexity index is 911. The quantitative estimate of drug-likeness (QED) is 0.529. The summed E-state index contributed by atoms with van der Waals surface area (Å²) in [6.45, 7) is 1.60. The molecule has 0 unspecified atom stereocenters. The van der Waals surface area contributed by atoms with Gasteiger partial charge in [0.15, 0.2) is 18.2 Å². The van der Waals surface area contributed by atoms with Crippen LogP contribution in [-0.4, -0.2) is 9.55 Å². The summed E-state index contributed by atoms with van der Waals surface area (Å²) >= 11 is 0. The van der Waals surface area contributed by atoms with E-state index in [0.717, 1.165) is 24.4 Å². The van der Waals surface area contributed by atoms with Crippen LogP contribution < -0.4 is 4.57 Å². The predicted octanol–water partition coefficient (Wildman–Crippen LogP) is 3.42. The van der Waals surface area contributed by atoms with Gasteiger partial charge in [-0.15, -0.1) is 0 Å². The Hall–Kier alpha value is -2.94. The topological polar surface area (TPSA) is 21.7 Å². The molecule has 4 aromatic rings. The van der Waals surface area contributed by atoms with Crippen LogP contribution in [0.15, 0.2) is 85.2 Å². The van der Waals surface area contributed by atoms with Crippen molar-refractivity contribution in [3.63, 3.8) is 0 Å². The standard InChI is InChI=1S/C20H18N3/c1-3-9-17(10-4-1)15-23-19-12-6-5-11-18(19)21-20(23)16-22-13-7-2-8-14-22/h1-14H,15-16H2/q+1. The Morgan fingerprint density at radius 2 is 1.48 bits per heavy atom. The fourth-order valence-electron chi connectivity index (χ4n) is 2.89. The number of benzene rings is 2. The van der Waals surface area contributed by atoms with Crippen molar-refractivity contribution in [2.24, 2.45) is 0 Å². The molecule has 0 atom stereocenters. The molecule has 3 nitrogen and oxygen atoms in total. The summed E-state index contributed by atoms with van der Waals surface area (Å²) in [5, 5.41) is 0. The van der Waals surface area contributed by atoms with Gasteiger partial charge in [-0.1, -0.05) is 48.5 Å². The van der Waals surface area contributed by atoms with Gasteiger partial charge >= 0.3 is 0 Å². The van der Waals surface area contributed by atoms with E-state index in [1.165, 1.54) is 11.1 Å². The number of hydrogen-bond acceptors (Lipinski definition) is 1. The van der Waals surface area contributed by atoms with E-state index in [0.29, 0.717) is 0 Å². The molecule has 0 amide bonds. The molecule has 0 spiro atoms. The summed E-state index contributed by atoms with van der Waals surface area (Å²) in [6.07, 6.45) is 4.15. The molecule has 2 aromatic carbocycles. The van der Waals surface area contributed by atoms with Crippen molar-refractivity contribution in [2.45, 2.75) is 13.1 Å². The van der Waals surface area contributed by atoms with Crippen LogP contribution in [0.25, 0.3) is 11.0 Å². The van der Waals surface area contributed by atoms with Gasteiger partial charge in [0.2, 0.25) is 6.54 Å². The number of pyridine rings is 1. The molecule has 0 saturated heterocycles. The number of rotatable bonds is 4. The monoisotopic (exact) mass is 300 g/mol. The molecule has 2 aromatic heterocycles. The van der Waals surface area contributed by atoms with Crippen molar-refractivity contribution in [3.05, 3.63) is 96.6 Å². The van der Waals surface area contributed by atoms with Crippen LogP contribution in [0.2, 0.25) is 0 Å². The largest absolute Gasteiger partial charge is 0.318 e. The fraction of sp³-hybridized carbons (Fsp3) is 0.100. The molecule has 0 aliphatic heterocycles. The van der Waals surface area contributed by atoms with Crippen molar-refractivity contribution in [1.29, 1.82) is 0 Å². The van der Waals surface area contributed by atoms with E-state index in [1.807, 2.05) is 24.3 Å². The first-order chi connectivity index (χ1) is 11.4. The summed E-state index contributed by atoms with van der Waals surface area (Å²) in [5.74, 6) is 1.08. The highest BCUT2D eigenvalue weighted by Crippen LogP contribution is 2.18. The van der Waals surface area contributed by atoms with Crippen molar-refractivity contribution < 1.29 is 4.57 Å². The lowest BCUT2D eigenvalue weighted by Crippen LogP contribution is -2.34. The maximum absolute atomic E-state index is 4.85. The van der Waals surface area contributed by atoms with E-state index in [1.54, 1.807) is 0 Å². The number of hydrogen-bond donors (Lipinski definition) is 0. The zero-order valence-corrected chi connectivity index (χ0v) is 12.8. The smallest absolute Gasteiger partial charge is 0.206 e. The molecule has 112 valence electrons. The fourth-order valence-corrected chi connectivity index (χ4v) is 2.89. The van der Waals surface area contributed by atoms with Crippen LogP contribution in [-0.2, 0) is 13.1 Å². The van der Waals surface area contributed by atoms with E-state index in [9.17, 15) is 0 Å². The Balaban J connectivity index is 1.78. The first kappa shape index (κ1) is 13.7. The van der Waals surface area contributed by atoms with Crippen LogP contribution in [0, 0.1) is 0 Å². The third-order valence-electron chi connectivity index (χ3n) is 4.02. The van der Waals surface area contributed by atoms with Crippen LogP contribution in [0.3, 0.4) is 0 Å². The zero-order chi connectivity index (χ0) is 15.5. The van der Waals surface area contributed by atoms with Gasteiger partial charge in [0.1, 0.15) is 0 Å². The van der Waals surface area contributed by atoms with Gasteiger partial charge in [0.05, 0.1) is 11.0 Å². The van der Waals surface area contributed by atoms with Crippen molar-refractivity contribution in [2.75, 3.05) is 0 Å². The summed E-state index contributed by atoms with van der Waals surface area (Å²) in [7, 11) is 0. The van der Waals surface area contributed by atoms with Crippen molar-refractivity contribution >= 4 is 11.0 Å². The number of para-hydroxylation sites is 2. The number of fused-ring (bicyclic) bond motifs is 1. The molecule has 2 heterocycles. The van der Waals surface area contributed by atoms with Gasteiger partial charge in [-0.05, 0) is 17.7 Å². The molecule has 0 bridgehead atoms. The first-order valence-corrected chi connectivity index (χ1v) is 7.82. The number of aromatic nitrogens is 3. The van der Waals surface area contributed by atoms with E-state index in [2.05, 4.69) is 70.1 Å². The maximum atomic E-state index is 4.85.